The molecule has 0 unspecified atom stereocenters. The lowest BCUT2D eigenvalue weighted by Gasteiger charge is -2.00. The molecule has 0 aliphatic heterocycles. The average Bonchev–Trinajstić information content (AvgIpc) is 0.922. The van der Waals surface area contributed by atoms with Crippen molar-refractivity contribution in [3.05, 3.63) is 41.7 Å². The molecule has 1 rings (SSSR count). The number of rotatable bonds is 6. The normalized spacial score (nSPS) is 4.73. The molecular formula is C147H21FO2. The second-order valence-electron chi connectivity index (χ2n) is 20.3. The van der Waals surface area contributed by atoms with Crippen molar-refractivity contribution in [2.24, 2.45) is 0 Å². The summed E-state index contributed by atoms with van der Waals surface area (Å²) in [6.07, 6.45) is 11.0. The van der Waals surface area contributed by atoms with Gasteiger partial charge in [0.25, 0.3) is 0 Å². The van der Waals surface area contributed by atoms with Gasteiger partial charge in [0, 0.05) is 681 Å². The summed E-state index contributed by atoms with van der Waals surface area (Å²) >= 11 is 0. The number of hydrogen-bond donors (Lipinski definition) is 0. The monoisotopic (exact) mass is 1840 g/mol. The summed E-state index contributed by atoms with van der Waals surface area (Å²) in [6, 6.07) is 5.92. The minimum Gasteiger partial charge on any atom is -0.463 e. The number of ether oxygens (including phenoxy) is 1. The first-order valence-electron chi connectivity index (χ1n) is 39.1. The Kier molecular flexibility index (Phi) is 89.5. The van der Waals surface area contributed by atoms with Crippen molar-refractivity contribution >= 4 is 12.0 Å². The molecule has 150 heavy (non-hydrogen) atoms. The topological polar surface area (TPSA) is 26.3 Å². The molecule has 0 amide bonds. The molecule has 3 heteroatoms. The molecule has 0 radical (unpaired) electrons. The van der Waals surface area contributed by atoms with E-state index in [1.54, 1.807) is 25.1 Å². The van der Waals surface area contributed by atoms with E-state index >= 15 is 0 Å². The fourth-order valence-corrected chi connectivity index (χ4v) is 5.38. The third-order valence-corrected chi connectivity index (χ3v) is 10.5. The Hall–Kier alpha value is -30.7. The third-order valence-electron chi connectivity index (χ3n) is 10.5. The van der Waals surface area contributed by atoms with Gasteiger partial charge in [-0.2, -0.15) is 0 Å². The Morgan fingerprint density at radius 3 is 0.413 bits per heavy atom. The van der Waals surface area contributed by atoms with E-state index in [0.717, 1.165) is 24.8 Å². The zero-order valence-electron chi connectivity index (χ0n) is 77.1. The van der Waals surface area contributed by atoms with Crippen molar-refractivity contribution in [2.45, 2.75) is 33.1 Å². The van der Waals surface area contributed by atoms with Gasteiger partial charge in [-0.1, -0.05) is 37.8 Å². The van der Waals surface area contributed by atoms with Crippen LogP contribution < -0.4 is 0 Å². The van der Waals surface area contributed by atoms with Crippen LogP contribution in [0.2, 0.25) is 0 Å². The molecule has 0 aliphatic rings. The first-order chi connectivity index (χ1) is 74.6. The lowest BCUT2D eigenvalue weighted by molar-refractivity contribution is -0.137. The second kappa shape index (κ2) is 112. The van der Waals surface area contributed by atoms with Gasteiger partial charge in [0.05, 0.1) is 6.61 Å². The number of hydrogen-bond acceptors (Lipinski definition) is 2. The van der Waals surface area contributed by atoms with E-state index in [1.165, 1.54) is 18.2 Å². The molecule has 0 bridgehead atoms. The summed E-state index contributed by atoms with van der Waals surface area (Å²) in [6.45, 7) is 4.23. The average molecular weight is 1840 g/mol. The fraction of sp³-hybridized carbons (Fsp3) is 0.0408. The van der Waals surface area contributed by atoms with Gasteiger partial charge in [-0.3, -0.25) is 0 Å². The Labute approximate surface area is 883 Å². The summed E-state index contributed by atoms with van der Waals surface area (Å²) < 4.78 is 17.6. The number of carbonyl (C=O) groups is 1. The maximum Gasteiger partial charge on any atom is 0.330 e. The Morgan fingerprint density at radius 2 is 0.307 bits per heavy atom. The number of carbonyl (C=O) groups excluding carboxylic acids is 1. The Bertz CT molecular complexity index is 10000. The first kappa shape index (κ1) is 119. The van der Waals surface area contributed by atoms with Crippen LogP contribution in [-0.4, -0.2) is 12.6 Å². The van der Waals surface area contributed by atoms with E-state index < -0.39 is 0 Å². The minimum atomic E-state index is -0.356. The van der Waals surface area contributed by atoms with E-state index in [9.17, 15) is 9.18 Å². The molecule has 1 aromatic rings. The van der Waals surface area contributed by atoms with Crippen molar-refractivity contribution < 1.29 is 13.9 Å². The van der Waals surface area contributed by atoms with Crippen LogP contribution in [0, 0.1) is 788 Å². The second-order valence-corrected chi connectivity index (χ2v) is 20.3. The van der Waals surface area contributed by atoms with Gasteiger partial charge in [0.1, 0.15) is 5.82 Å². The molecule has 628 valence electrons. The molecule has 0 N–H and O–H groups in total. The third kappa shape index (κ3) is 110. The van der Waals surface area contributed by atoms with E-state index in [0.29, 0.717) is 6.61 Å². The quantitative estimate of drug-likeness (QED) is 0.183. The van der Waals surface area contributed by atoms with Gasteiger partial charge in [-0.05, 0) is 132 Å². The van der Waals surface area contributed by atoms with Crippen molar-refractivity contribution in [1.82, 2.24) is 0 Å². The summed E-state index contributed by atoms with van der Waals surface area (Å²) in [5.41, 5.74) is 0.775. The van der Waals surface area contributed by atoms with Crippen molar-refractivity contribution in [3.63, 3.8) is 0 Å². The highest BCUT2D eigenvalue weighted by Gasteiger charge is 1.97. The van der Waals surface area contributed by atoms with Crippen LogP contribution in [0.25, 0.3) is 6.08 Å². The predicted molar refractivity (Wildman–Crippen MR) is 586 cm³/mol. The van der Waals surface area contributed by atoms with Crippen LogP contribution in [0.5, 0.6) is 0 Å². The van der Waals surface area contributed by atoms with Crippen LogP contribution in [0.15, 0.2) is 30.3 Å². The molecule has 0 saturated carbocycles. The van der Waals surface area contributed by atoms with E-state index in [4.69, 9.17) is 11.2 Å². The summed E-state index contributed by atoms with van der Waals surface area (Å²) in [7, 11) is 0. The van der Waals surface area contributed by atoms with Crippen molar-refractivity contribution in [3.8, 4) is 782 Å². The number of terminal acetylenes is 1. The molecule has 0 saturated heterocycles. The maximum atomic E-state index is 12.6. The van der Waals surface area contributed by atoms with Gasteiger partial charge < -0.3 is 4.74 Å². The molecular weight excluding hydrogens is 1820 g/mol. The highest BCUT2D eigenvalue weighted by molar-refractivity contribution is 5.87. The number of esters is 1. The molecule has 2 nitrogen and oxygen atoms in total. The Morgan fingerprint density at radius 1 is 0.193 bits per heavy atom. The maximum absolute atomic E-state index is 12.6. The first-order valence-corrected chi connectivity index (χ1v) is 39.1. The predicted octanol–water partition coefficient (Wildman–Crippen LogP) is 4.43. The van der Waals surface area contributed by atoms with Gasteiger partial charge >= 0.3 is 5.97 Å². The van der Waals surface area contributed by atoms with Crippen molar-refractivity contribution in [2.75, 3.05) is 6.61 Å². The van der Waals surface area contributed by atoms with E-state index in [2.05, 4.69) is 783 Å². The molecule has 1 aromatic carbocycles. The Balaban J connectivity index is 0.0000118. The van der Waals surface area contributed by atoms with Crippen LogP contribution in [0.3, 0.4) is 0 Å². The number of unbranched alkanes of at least 4 members (excludes halogenated alkanes) is 2. The smallest absolute Gasteiger partial charge is 0.330 e. The minimum absolute atomic E-state index is 0.288. The summed E-state index contributed by atoms with van der Waals surface area (Å²) in [4.78, 5) is 11.3. The lowest BCUT2D eigenvalue weighted by Crippen LogP contribution is -2.01. The highest BCUT2D eigenvalue weighted by atomic mass is 19.1. The molecule has 0 spiro atoms. The summed E-state index contributed by atoms with van der Waals surface area (Å²) in [5.74, 6) is 326. The van der Waals surface area contributed by atoms with Crippen molar-refractivity contribution in [1.29, 1.82) is 0 Å². The zero-order valence-corrected chi connectivity index (χ0v) is 77.1. The van der Waals surface area contributed by atoms with Gasteiger partial charge in [-0.25, -0.2) is 9.18 Å². The summed E-state index contributed by atoms with van der Waals surface area (Å²) in [5, 5.41) is 0. The standard InChI is InChI=1S/C133H4.C14H17FO2/c1-3-5-7-9-11-13-15-17-19-21-23-25-27-29-31-33-35-37-39-41-43-45-47-49-51-53-55-57-59-61-63-65-67-69-71-73-75-77-79-81-83-85-87-89-91-93-95-97-99-101-103-105-107-109-111-113-115-117-119-121-123-125-127-129-131-133-132-130-128-126-124-122-120-118-116-114-112-110-108-106-104-102-100-98-96-94-92-90-88-86-84-82-80-78-76-74-72-70-68-66-64-62-60-58-56-54-52-50-48-46-44-42-40-38-36-34-32-30-28-26-24-22-20-18-16-14-12-10-8-6-4-2;1-2-3-4-11-17-14(16)10-7-12-5-8-13(15)9-6-12/h1H,2H3;5-10H,2-4,11H2,1H3/b;10-7+. The molecule has 0 aromatic heterocycles. The number of halogens is 1. The van der Waals surface area contributed by atoms with Crippen LogP contribution in [-0.2, 0) is 9.53 Å². The van der Waals surface area contributed by atoms with Crippen LogP contribution in [0.4, 0.5) is 4.39 Å². The highest BCUT2D eigenvalue weighted by Crippen LogP contribution is 2.05. The fourth-order valence-electron chi connectivity index (χ4n) is 5.38. The van der Waals surface area contributed by atoms with Gasteiger partial charge in [0.2, 0.25) is 0 Å². The zero-order chi connectivity index (χ0) is 107. The SMILES string of the molecule is C#CC#CC#CC#CC#CC#CC#CC#CC#CC#CC#CC#CC#CC#CC#CC#CC#CC#CC#CC#CC#CC#CC#CC#CC#CC#CC#CC#CC#CC#CC#CC#CC#CC#CC#CC#CC#CC#CC#CC#CC#CC#CC#CC#CC#CC#CC#CC#CC#CC#CC#CC#CC#CC#CC#CC#CC#CC#CC#CC#CC#CC#CC#CC#CC#CC#CC.CCCCCOC(=O)/C=C/c1ccc(F)cc1. The molecule has 0 fully saturated rings. The van der Waals surface area contributed by atoms with E-state index in [-0.39, 0.29) is 11.8 Å². The van der Waals surface area contributed by atoms with Gasteiger partial charge in [0.15, 0.2) is 0 Å². The molecule has 0 aliphatic carbocycles. The van der Waals surface area contributed by atoms with Crippen LogP contribution in [0.1, 0.15) is 38.7 Å². The van der Waals surface area contributed by atoms with Gasteiger partial charge in [-0.15, -0.1) is 6.42 Å². The lowest BCUT2D eigenvalue weighted by atomic mass is 10.2. The van der Waals surface area contributed by atoms with E-state index in [1.807, 2.05) is 0 Å². The number of benzene rings is 1. The van der Waals surface area contributed by atoms with Crippen LogP contribution >= 0.6 is 0 Å². The molecule has 0 atom stereocenters. The largest absolute Gasteiger partial charge is 0.463 e. The molecule has 0 heterocycles.